The summed E-state index contributed by atoms with van der Waals surface area (Å²) in [5, 5.41) is 7.43. The Morgan fingerprint density at radius 2 is 1.26 bits per heavy atom. The number of rotatable bonds is 4. The Bertz CT molecular complexity index is 3150. The molecule has 0 fully saturated rings. The van der Waals surface area contributed by atoms with E-state index in [9.17, 15) is 0 Å². The molecule has 0 aliphatic heterocycles. The van der Waals surface area contributed by atoms with Crippen molar-refractivity contribution in [1.82, 2.24) is 4.57 Å². The number of hydrogen-bond acceptors (Lipinski definition) is 1. The molecule has 1 aromatic heterocycles. The summed E-state index contributed by atoms with van der Waals surface area (Å²) >= 11 is 0. The third kappa shape index (κ3) is 4.22. The molecular formula is C52H34N2. The first-order chi connectivity index (χ1) is 26.8. The predicted octanol–water partition coefficient (Wildman–Crippen LogP) is 13.6. The molecule has 54 heavy (non-hydrogen) atoms. The molecular weight excluding hydrogens is 653 g/mol. The minimum atomic E-state index is 0.399. The maximum absolute atomic E-state index is 2.48. The summed E-state index contributed by atoms with van der Waals surface area (Å²) in [5.74, 6) is 0.399. The zero-order valence-electron chi connectivity index (χ0n) is 29.6. The van der Waals surface area contributed by atoms with Crippen LogP contribution in [0.5, 0.6) is 0 Å². The van der Waals surface area contributed by atoms with Crippen molar-refractivity contribution < 1.29 is 0 Å². The van der Waals surface area contributed by atoms with E-state index in [1.807, 2.05) is 0 Å². The van der Waals surface area contributed by atoms with E-state index in [0.29, 0.717) is 5.92 Å². The summed E-state index contributed by atoms with van der Waals surface area (Å²) < 4.78 is 2.44. The van der Waals surface area contributed by atoms with Gasteiger partial charge in [0.05, 0.1) is 16.7 Å². The van der Waals surface area contributed by atoms with Crippen molar-refractivity contribution in [2.45, 2.75) is 6.42 Å². The number of hydrogen-bond donors (Lipinski definition) is 0. The van der Waals surface area contributed by atoms with E-state index in [4.69, 9.17) is 0 Å². The Morgan fingerprint density at radius 3 is 2.20 bits per heavy atom. The van der Waals surface area contributed by atoms with Crippen LogP contribution in [-0.4, -0.2) is 4.57 Å². The lowest BCUT2D eigenvalue weighted by Gasteiger charge is -2.29. The zero-order valence-corrected chi connectivity index (χ0v) is 29.6. The van der Waals surface area contributed by atoms with Crippen LogP contribution in [-0.2, 0) is 6.42 Å². The normalized spacial score (nSPS) is 15.3. The average molecular weight is 687 g/mol. The largest absolute Gasteiger partial charge is 0.310 e. The third-order valence-electron chi connectivity index (χ3n) is 12.0. The van der Waals surface area contributed by atoms with Crippen LogP contribution in [0.4, 0.5) is 17.1 Å². The molecule has 12 rings (SSSR count). The van der Waals surface area contributed by atoms with Gasteiger partial charge < -0.3 is 9.47 Å². The highest BCUT2D eigenvalue weighted by molar-refractivity contribution is 6.12. The van der Waals surface area contributed by atoms with Crippen LogP contribution in [0.2, 0.25) is 0 Å². The smallest absolute Gasteiger partial charge is 0.0561 e. The van der Waals surface area contributed by atoms with Crippen LogP contribution in [0.15, 0.2) is 194 Å². The summed E-state index contributed by atoms with van der Waals surface area (Å²) in [4.78, 5) is 2.48. The van der Waals surface area contributed by atoms with E-state index in [2.05, 4.69) is 198 Å². The van der Waals surface area contributed by atoms with Gasteiger partial charge in [-0.25, -0.2) is 0 Å². The highest BCUT2D eigenvalue weighted by Crippen LogP contribution is 2.54. The van der Waals surface area contributed by atoms with Gasteiger partial charge in [0, 0.05) is 39.1 Å². The number of anilines is 3. The van der Waals surface area contributed by atoms with Gasteiger partial charge in [-0.1, -0.05) is 140 Å². The van der Waals surface area contributed by atoms with Gasteiger partial charge in [-0.3, -0.25) is 0 Å². The maximum atomic E-state index is 2.48. The van der Waals surface area contributed by atoms with Crippen molar-refractivity contribution in [3.63, 3.8) is 0 Å². The molecule has 3 aliphatic rings. The van der Waals surface area contributed by atoms with Gasteiger partial charge in [-0.15, -0.1) is 0 Å². The first-order valence-corrected chi connectivity index (χ1v) is 18.9. The summed E-state index contributed by atoms with van der Waals surface area (Å²) in [6.07, 6.45) is 10.2. The quantitative estimate of drug-likeness (QED) is 0.179. The Kier molecular flexibility index (Phi) is 6.20. The second-order valence-corrected chi connectivity index (χ2v) is 14.9. The molecule has 0 saturated heterocycles. The second kappa shape index (κ2) is 11.3. The molecule has 1 heterocycles. The van der Waals surface area contributed by atoms with Crippen molar-refractivity contribution in [1.29, 1.82) is 0 Å². The van der Waals surface area contributed by atoms with E-state index in [1.54, 1.807) is 0 Å². The average Bonchev–Trinajstić information content (AvgIpc) is 3.74. The number of aromatic nitrogens is 1. The number of allylic oxidation sites excluding steroid dienone is 5. The summed E-state index contributed by atoms with van der Waals surface area (Å²) in [6.45, 7) is 0. The lowest BCUT2D eigenvalue weighted by molar-refractivity contribution is 0.756. The van der Waals surface area contributed by atoms with Gasteiger partial charge in [0.1, 0.15) is 0 Å². The van der Waals surface area contributed by atoms with Gasteiger partial charge in [-0.2, -0.15) is 0 Å². The highest BCUT2D eigenvalue weighted by Gasteiger charge is 2.34. The lowest BCUT2D eigenvalue weighted by Crippen LogP contribution is -2.14. The first kappa shape index (κ1) is 29.7. The van der Waals surface area contributed by atoms with Crippen molar-refractivity contribution in [2.24, 2.45) is 5.92 Å². The van der Waals surface area contributed by atoms with Crippen molar-refractivity contribution >= 4 is 66.0 Å². The summed E-state index contributed by atoms with van der Waals surface area (Å²) in [6, 6.07) is 60.8. The lowest BCUT2D eigenvalue weighted by atomic mass is 9.76. The van der Waals surface area contributed by atoms with Crippen LogP contribution in [0.25, 0.3) is 65.7 Å². The Labute approximate surface area is 313 Å². The molecule has 252 valence electrons. The molecule has 1 atom stereocenters. The predicted molar refractivity (Wildman–Crippen MR) is 227 cm³/mol. The number of nitrogens with zero attached hydrogens (tertiary/aromatic N) is 2. The Morgan fingerprint density at radius 1 is 0.500 bits per heavy atom. The zero-order chi connectivity index (χ0) is 35.3. The van der Waals surface area contributed by atoms with E-state index < -0.39 is 0 Å². The van der Waals surface area contributed by atoms with E-state index >= 15 is 0 Å². The number of para-hydroxylation sites is 1. The molecule has 0 N–H and O–H groups in total. The van der Waals surface area contributed by atoms with E-state index in [-0.39, 0.29) is 0 Å². The second-order valence-electron chi connectivity index (χ2n) is 14.9. The monoisotopic (exact) mass is 686 g/mol. The minimum Gasteiger partial charge on any atom is -0.310 e. The minimum absolute atomic E-state index is 0.399. The molecule has 0 saturated carbocycles. The molecule has 2 nitrogen and oxygen atoms in total. The van der Waals surface area contributed by atoms with Gasteiger partial charge in [0.15, 0.2) is 0 Å². The highest BCUT2D eigenvalue weighted by atomic mass is 15.1. The van der Waals surface area contributed by atoms with Gasteiger partial charge in [0.25, 0.3) is 0 Å². The summed E-state index contributed by atoms with van der Waals surface area (Å²) in [5.41, 5.74) is 16.7. The van der Waals surface area contributed by atoms with Crippen LogP contribution < -0.4 is 4.90 Å². The molecule has 9 aromatic rings. The molecule has 8 aromatic carbocycles. The van der Waals surface area contributed by atoms with Gasteiger partial charge in [0.2, 0.25) is 0 Å². The molecule has 0 bridgehead atoms. The summed E-state index contributed by atoms with van der Waals surface area (Å²) in [7, 11) is 0. The number of benzene rings is 8. The molecule has 0 amide bonds. The Hall–Kier alpha value is -6.90. The van der Waals surface area contributed by atoms with Gasteiger partial charge >= 0.3 is 0 Å². The van der Waals surface area contributed by atoms with E-state index in [1.165, 1.54) is 82.3 Å². The fourth-order valence-corrected chi connectivity index (χ4v) is 9.63. The standard InChI is InChI=1S/C52H34N2/c1-2-13-35-30-38(24-23-33(35)11-1)54-49-21-8-7-19-44(49)45-28-26-40(32-50(45)54)53(48-22-10-15-34-12-3-5-17-41(34)48)39-25-27-43-46-20-9-16-37-29-36-14-4-6-18-42(36)52(51(37)46)47(43)31-39/h1-28,30-32,36H,29H2. The van der Waals surface area contributed by atoms with Crippen molar-refractivity contribution in [3.8, 4) is 16.8 Å². The SMILES string of the molecule is C1=CC2=C3c4cc(N(c5ccc6c7ccccc7n(-c7ccc8ccccc8c7)c6c5)c5cccc6ccccc56)ccc4-c4cccc(c43)CC2C=C1. The molecule has 0 spiro atoms. The first-order valence-electron chi connectivity index (χ1n) is 18.9. The van der Waals surface area contributed by atoms with Crippen LogP contribution in [0, 0.1) is 5.92 Å². The van der Waals surface area contributed by atoms with Crippen molar-refractivity contribution in [2.75, 3.05) is 4.90 Å². The number of fused-ring (bicyclic) bond motifs is 9. The Balaban J connectivity index is 1.12. The fourth-order valence-electron chi connectivity index (χ4n) is 9.63. The van der Waals surface area contributed by atoms with Crippen LogP contribution in [0.3, 0.4) is 0 Å². The molecule has 2 heteroatoms. The maximum Gasteiger partial charge on any atom is 0.0561 e. The van der Waals surface area contributed by atoms with Crippen LogP contribution in [0.1, 0.15) is 16.7 Å². The fraction of sp³-hybridized carbons (Fsp3) is 0.0385. The molecule has 1 unspecified atom stereocenters. The van der Waals surface area contributed by atoms with Gasteiger partial charge in [-0.05, 0) is 110 Å². The molecule has 3 aliphatic carbocycles. The van der Waals surface area contributed by atoms with Crippen LogP contribution >= 0.6 is 0 Å². The third-order valence-corrected chi connectivity index (χ3v) is 12.0. The van der Waals surface area contributed by atoms with Crippen molar-refractivity contribution in [3.05, 3.63) is 210 Å². The van der Waals surface area contributed by atoms with E-state index in [0.717, 1.165) is 29.2 Å². The molecule has 0 radical (unpaired) electrons. The topological polar surface area (TPSA) is 8.17 Å².